The lowest BCUT2D eigenvalue weighted by Gasteiger charge is -2.08. The van der Waals surface area contributed by atoms with Gasteiger partial charge in [-0.15, -0.1) is 11.3 Å². The number of esters is 1. The van der Waals surface area contributed by atoms with E-state index in [1.54, 1.807) is 32.9 Å². The molecule has 0 aliphatic heterocycles. The molecule has 3 aromatic rings. The molecule has 0 unspecified atom stereocenters. The second-order valence-electron chi connectivity index (χ2n) is 5.85. The maximum Gasteiger partial charge on any atom is 0.348 e. The molecule has 3 rings (SSSR count). The summed E-state index contributed by atoms with van der Waals surface area (Å²) in [5.74, 6) is 0.0784. The van der Waals surface area contributed by atoms with E-state index in [9.17, 15) is 14.9 Å². The van der Waals surface area contributed by atoms with Gasteiger partial charge in [-0.3, -0.25) is 10.1 Å². The van der Waals surface area contributed by atoms with Gasteiger partial charge in [-0.05, 0) is 32.4 Å². The van der Waals surface area contributed by atoms with Crippen LogP contribution in [0.15, 0.2) is 30.6 Å². The second kappa shape index (κ2) is 7.04. The minimum Gasteiger partial charge on any atom is -0.459 e. The van der Waals surface area contributed by atoms with Crippen LogP contribution in [0.3, 0.4) is 0 Å². The average Bonchev–Trinajstić information content (AvgIpc) is 2.92. The van der Waals surface area contributed by atoms with Crippen LogP contribution in [-0.2, 0) is 4.74 Å². The maximum atomic E-state index is 12.3. The van der Waals surface area contributed by atoms with Gasteiger partial charge >= 0.3 is 5.97 Å². The first-order valence-electron chi connectivity index (χ1n) is 7.83. The topological polar surface area (TPSA) is 107 Å². The van der Waals surface area contributed by atoms with Gasteiger partial charge in [-0.2, -0.15) is 0 Å². The van der Waals surface area contributed by atoms with E-state index in [-0.39, 0.29) is 11.8 Å². The van der Waals surface area contributed by atoms with Gasteiger partial charge in [0.2, 0.25) is 0 Å². The number of benzene rings is 1. The molecule has 0 spiro atoms. The zero-order valence-electron chi connectivity index (χ0n) is 14.3. The van der Waals surface area contributed by atoms with E-state index < -0.39 is 10.9 Å². The summed E-state index contributed by atoms with van der Waals surface area (Å²) >= 11 is 1.23. The van der Waals surface area contributed by atoms with Gasteiger partial charge in [0.15, 0.2) is 0 Å². The van der Waals surface area contributed by atoms with E-state index in [1.807, 2.05) is 0 Å². The molecule has 134 valence electrons. The van der Waals surface area contributed by atoms with Crippen molar-refractivity contribution in [3.05, 3.63) is 51.1 Å². The Morgan fingerprint density at radius 3 is 2.81 bits per heavy atom. The predicted molar refractivity (Wildman–Crippen MR) is 99.1 cm³/mol. The van der Waals surface area contributed by atoms with Crippen molar-refractivity contribution in [3.8, 4) is 0 Å². The number of ether oxygens (including phenoxy) is 1. The Hall–Kier alpha value is -3.07. The molecule has 0 aliphatic rings. The fourth-order valence-corrected chi connectivity index (χ4v) is 3.49. The van der Waals surface area contributed by atoms with Crippen molar-refractivity contribution in [3.63, 3.8) is 0 Å². The first-order valence-corrected chi connectivity index (χ1v) is 8.65. The van der Waals surface area contributed by atoms with Gasteiger partial charge in [0.05, 0.1) is 16.4 Å². The first-order chi connectivity index (χ1) is 12.4. The molecule has 1 aromatic carbocycles. The Morgan fingerprint density at radius 1 is 1.35 bits per heavy atom. The summed E-state index contributed by atoms with van der Waals surface area (Å²) < 4.78 is 5.27. The zero-order valence-corrected chi connectivity index (χ0v) is 15.2. The number of hydrogen-bond acceptors (Lipinski definition) is 8. The second-order valence-corrected chi connectivity index (χ2v) is 6.84. The molecule has 0 saturated heterocycles. The number of aryl methyl sites for hydroxylation is 1. The first kappa shape index (κ1) is 17.7. The van der Waals surface area contributed by atoms with Gasteiger partial charge in [-0.1, -0.05) is 6.07 Å². The van der Waals surface area contributed by atoms with Crippen molar-refractivity contribution in [2.24, 2.45) is 0 Å². The van der Waals surface area contributed by atoms with Gasteiger partial charge in [-0.25, -0.2) is 14.8 Å². The summed E-state index contributed by atoms with van der Waals surface area (Å²) in [6, 6.07) is 6.13. The number of carbonyl (C=O) groups excluding carboxylic acids is 1. The van der Waals surface area contributed by atoms with E-state index >= 15 is 0 Å². The van der Waals surface area contributed by atoms with E-state index in [4.69, 9.17) is 4.74 Å². The highest BCUT2D eigenvalue weighted by Gasteiger charge is 2.21. The molecule has 1 N–H and O–H groups in total. The molecule has 0 bridgehead atoms. The summed E-state index contributed by atoms with van der Waals surface area (Å²) in [4.78, 5) is 32.3. The summed E-state index contributed by atoms with van der Waals surface area (Å²) in [5.41, 5.74) is 1.21. The number of fused-ring (bicyclic) bond motifs is 1. The largest absolute Gasteiger partial charge is 0.459 e. The third-order valence-electron chi connectivity index (χ3n) is 3.57. The number of anilines is 2. The Balaban J connectivity index is 2.02. The van der Waals surface area contributed by atoms with Gasteiger partial charge in [0.25, 0.3) is 5.69 Å². The summed E-state index contributed by atoms with van der Waals surface area (Å²) in [5, 5.41) is 14.7. The van der Waals surface area contributed by atoms with Crippen LogP contribution in [0.25, 0.3) is 10.2 Å². The number of carbonyl (C=O) groups is 1. The molecule has 0 aliphatic carbocycles. The van der Waals surface area contributed by atoms with E-state index in [0.717, 1.165) is 0 Å². The monoisotopic (exact) mass is 372 g/mol. The van der Waals surface area contributed by atoms with Crippen LogP contribution >= 0.6 is 11.3 Å². The molecule has 8 nitrogen and oxygen atoms in total. The smallest absolute Gasteiger partial charge is 0.348 e. The third kappa shape index (κ3) is 3.47. The van der Waals surface area contributed by atoms with E-state index in [0.29, 0.717) is 32.2 Å². The number of rotatable bonds is 5. The third-order valence-corrected chi connectivity index (χ3v) is 4.75. The van der Waals surface area contributed by atoms with E-state index in [1.165, 1.54) is 29.8 Å². The molecule has 0 atom stereocenters. The fourth-order valence-electron chi connectivity index (χ4n) is 2.46. The molecule has 26 heavy (non-hydrogen) atoms. The summed E-state index contributed by atoms with van der Waals surface area (Å²) in [6.07, 6.45) is 1.16. The molecule has 0 amide bonds. The molecule has 0 radical (unpaired) electrons. The van der Waals surface area contributed by atoms with Crippen molar-refractivity contribution in [1.29, 1.82) is 0 Å². The van der Waals surface area contributed by atoms with Crippen molar-refractivity contribution >= 4 is 44.7 Å². The lowest BCUT2D eigenvalue weighted by atomic mass is 10.2. The molecule has 0 fully saturated rings. The predicted octanol–water partition coefficient (Wildman–Crippen LogP) is 4.22. The van der Waals surface area contributed by atoms with Gasteiger partial charge < -0.3 is 10.1 Å². The molecule has 2 aromatic heterocycles. The van der Waals surface area contributed by atoms with Crippen LogP contribution in [0, 0.1) is 17.0 Å². The number of nitro groups is 1. The Bertz CT molecular complexity index is 1000. The normalized spacial score (nSPS) is 10.9. The number of thiophene rings is 1. The minimum atomic E-state index is -0.462. The molecular formula is C17H16N4O4S. The number of hydrogen-bond donors (Lipinski definition) is 1. The minimum absolute atomic E-state index is 0.0245. The van der Waals surface area contributed by atoms with Crippen LogP contribution in [0.1, 0.15) is 29.1 Å². The molecule has 9 heteroatoms. The fraction of sp³-hybridized carbons (Fsp3) is 0.235. The van der Waals surface area contributed by atoms with Gasteiger partial charge in [0.1, 0.15) is 21.9 Å². The van der Waals surface area contributed by atoms with Crippen LogP contribution < -0.4 is 5.32 Å². The summed E-state index contributed by atoms with van der Waals surface area (Å²) in [7, 11) is 0. The van der Waals surface area contributed by atoms with Crippen molar-refractivity contribution in [2.75, 3.05) is 5.32 Å². The number of aromatic nitrogens is 2. The van der Waals surface area contributed by atoms with Crippen molar-refractivity contribution in [2.45, 2.75) is 26.9 Å². The highest BCUT2D eigenvalue weighted by atomic mass is 32.1. The average molecular weight is 372 g/mol. The SMILES string of the molecule is Cc1c(C(=O)OC(C)C)sc2ncnc(Nc3cccc([N+](=O)[O-])c3)c12. The number of nitrogens with zero attached hydrogens (tertiary/aromatic N) is 3. The van der Waals surface area contributed by atoms with Gasteiger partial charge in [0, 0.05) is 17.8 Å². The van der Waals surface area contributed by atoms with Crippen LogP contribution in [0.2, 0.25) is 0 Å². The van der Waals surface area contributed by atoms with Crippen LogP contribution in [0.5, 0.6) is 0 Å². The molecule has 0 saturated carbocycles. The standard InChI is InChI=1S/C17H16N4O4S/c1-9(2)25-17(22)14-10(3)13-15(18-8-19-16(13)26-14)20-11-5-4-6-12(7-11)21(23)24/h4-9H,1-3H3,(H,18,19,20). The summed E-state index contributed by atoms with van der Waals surface area (Å²) in [6.45, 7) is 5.38. The Kier molecular flexibility index (Phi) is 4.81. The molecule has 2 heterocycles. The Morgan fingerprint density at radius 2 is 2.12 bits per heavy atom. The van der Waals surface area contributed by atoms with Crippen molar-refractivity contribution < 1.29 is 14.5 Å². The van der Waals surface area contributed by atoms with E-state index in [2.05, 4.69) is 15.3 Å². The highest BCUT2D eigenvalue weighted by Crippen LogP contribution is 2.35. The quantitative estimate of drug-likeness (QED) is 0.406. The lowest BCUT2D eigenvalue weighted by molar-refractivity contribution is -0.384. The number of nitro benzene ring substituents is 1. The number of non-ortho nitro benzene ring substituents is 1. The Labute approximate surface area is 153 Å². The van der Waals surface area contributed by atoms with Crippen molar-refractivity contribution in [1.82, 2.24) is 9.97 Å². The highest BCUT2D eigenvalue weighted by molar-refractivity contribution is 7.20. The van der Waals surface area contributed by atoms with Crippen LogP contribution in [0.4, 0.5) is 17.2 Å². The maximum absolute atomic E-state index is 12.3. The number of nitrogens with one attached hydrogen (secondary N) is 1. The van der Waals surface area contributed by atoms with Crippen LogP contribution in [-0.4, -0.2) is 27.0 Å². The zero-order chi connectivity index (χ0) is 18.8. The molecular weight excluding hydrogens is 356 g/mol. The lowest BCUT2D eigenvalue weighted by Crippen LogP contribution is -2.11.